The molecule has 0 aliphatic carbocycles. The number of amides is 1. The lowest BCUT2D eigenvalue weighted by atomic mass is 10.1. The molecule has 3 aromatic carbocycles. The van der Waals surface area contributed by atoms with Gasteiger partial charge in [0.2, 0.25) is 0 Å². The largest absolute Gasteiger partial charge is 0.456 e. The number of hydrogen-bond donors (Lipinski definition) is 1. The highest BCUT2D eigenvalue weighted by Gasteiger charge is 2.24. The zero-order valence-electron chi connectivity index (χ0n) is 17.4. The predicted octanol–water partition coefficient (Wildman–Crippen LogP) is 4.02. The van der Waals surface area contributed by atoms with E-state index in [1.54, 1.807) is 36.4 Å². The van der Waals surface area contributed by atoms with Crippen LogP contribution < -0.4 is 5.32 Å². The Morgan fingerprint density at radius 2 is 1.39 bits per heavy atom. The Bertz CT molecular complexity index is 1010. The molecule has 1 unspecified atom stereocenters. The summed E-state index contributed by atoms with van der Waals surface area (Å²) in [4.78, 5) is 37.8. The Kier molecular flexibility index (Phi) is 7.71. The molecular formula is C26H25NO4. The summed E-state index contributed by atoms with van der Waals surface area (Å²) in [5.41, 5.74) is 2.93. The molecule has 0 saturated carbocycles. The minimum Gasteiger partial charge on any atom is -0.456 e. The first kappa shape index (κ1) is 22.0. The van der Waals surface area contributed by atoms with Gasteiger partial charge in [-0.2, -0.15) is 0 Å². The number of ketones is 1. The zero-order chi connectivity index (χ0) is 22.1. The standard InChI is InChI=1S/C26H25NO4/c1-2-19-13-15-21(16-14-19)24(28)18-31-26(30)23(17-20-9-5-3-6-10-20)27-25(29)22-11-7-4-8-12-22/h3-16,23H,2,17-18H2,1H3,(H,27,29). The van der Waals surface area contributed by atoms with Crippen molar-refractivity contribution in [1.82, 2.24) is 5.32 Å². The molecule has 0 bridgehead atoms. The van der Waals surface area contributed by atoms with Gasteiger partial charge in [-0.15, -0.1) is 0 Å². The Hall–Kier alpha value is -3.73. The second-order valence-electron chi connectivity index (χ2n) is 7.16. The maximum Gasteiger partial charge on any atom is 0.329 e. The lowest BCUT2D eigenvalue weighted by molar-refractivity contribution is -0.144. The molecule has 1 amide bonds. The first-order valence-electron chi connectivity index (χ1n) is 10.3. The van der Waals surface area contributed by atoms with E-state index in [4.69, 9.17) is 4.74 Å². The molecule has 5 nitrogen and oxygen atoms in total. The number of nitrogens with one attached hydrogen (secondary N) is 1. The van der Waals surface area contributed by atoms with Crippen molar-refractivity contribution in [2.45, 2.75) is 25.8 Å². The fourth-order valence-electron chi connectivity index (χ4n) is 3.12. The van der Waals surface area contributed by atoms with Gasteiger partial charge in [-0.3, -0.25) is 9.59 Å². The third-order valence-corrected chi connectivity index (χ3v) is 4.94. The second kappa shape index (κ2) is 10.9. The van der Waals surface area contributed by atoms with Crippen LogP contribution in [-0.2, 0) is 22.4 Å². The Balaban J connectivity index is 1.67. The quantitative estimate of drug-likeness (QED) is 0.423. The minimum atomic E-state index is -0.912. The van der Waals surface area contributed by atoms with Crippen molar-refractivity contribution in [2.75, 3.05) is 6.61 Å². The molecule has 0 heterocycles. The zero-order valence-corrected chi connectivity index (χ0v) is 17.4. The molecule has 0 aliphatic heterocycles. The van der Waals surface area contributed by atoms with Crippen LogP contribution in [0.1, 0.15) is 38.8 Å². The molecule has 0 fully saturated rings. The third kappa shape index (κ3) is 6.37. The molecular weight excluding hydrogens is 390 g/mol. The summed E-state index contributed by atoms with van der Waals surface area (Å²) in [6.07, 6.45) is 1.14. The molecule has 1 atom stereocenters. The van der Waals surface area contributed by atoms with Gasteiger partial charge in [0.15, 0.2) is 12.4 Å². The second-order valence-corrected chi connectivity index (χ2v) is 7.16. The van der Waals surface area contributed by atoms with Crippen molar-refractivity contribution in [3.63, 3.8) is 0 Å². The number of aryl methyl sites for hydroxylation is 1. The van der Waals surface area contributed by atoms with E-state index in [2.05, 4.69) is 5.32 Å². The third-order valence-electron chi connectivity index (χ3n) is 4.94. The molecule has 0 spiro atoms. The number of carbonyl (C=O) groups excluding carboxylic acids is 3. The SMILES string of the molecule is CCc1ccc(C(=O)COC(=O)C(Cc2ccccc2)NC(=O)c2ccccc2)cc1. The van der Waals surface area contributed by atoms with Gasteiger partial charge in [0.25, 0.3) is 5.91 Å². The van der Waals surface area contributed by atoms with Crippen LogP contribution in [0.3, 0.4) is 0 Å². The fraction of sp³-hybridized carbons (Fsp3) is 0.192. The molecule has 5 heteroatoms. The first-order chi connectivity index (χ1) is 15.1. The monoisotopic (exact) mass is 415 g/mol. The molecule has 0 saturated heterocycles. The van der Waals surface area contributed by atoms with E-state index in [9.17, 15) is 14.4 Å². The van der Waals surface area contributed by atoms with E-state index in [-0.39, 0.29) is 24.7 Å². The van der Waals surface area contributed by atoms with Crippen molar-refractivity contribution < 1.29 is 19.1 Å². The number of esters is 1. The summed E-state index contributed by atoms with van der Waals surface area (Å²) in [5.74, 6) is -1.31. The Morgan fingerprint density at radius 3 is 2.00 bits per heavy atom. The van der Waals surface area contributed by atoms with Gasteiger partial charge < -0.3 is 10.1 Å². The van der Waals surface area contributed by atoms with Gasteiger partial charge >= 0.3 is 5.97 Å². The number of rotatable bonds is 9. The molecule has 0 radical (unpaired) electrons. The number of benzene rings is 3. The van der Waals surface area contributed by atoms with Gasteiger partial charge in [-0.25, -0.2) is 4.79 Å². The lowest BCUT2D eigenvalue weighted by Crippen LogP contribution is -2.43. The van der Waals surface area contributed by atoms with E-state index in [1.807, 2.05) is 55.5 Å². The molecule has 31 heavy (non-hydrogen) atoms. The lowest BCUT2D eigenvalue weighted by Gasteiger charge is -2.18. The van der Waals surface area contributed by atoms with Gasteiger partial charge in [0.1, 0.15) is 6.04 Å². The van der Waals surface area contributed by atoms with Gasteiger partial charge in [-0.05, 0) is 29.7 Å². The van der Waals surface area contributed by atoms with Crippen LogP contribution in [0.25, 0.3) is 0 Å². The predicted molar refractivity (Wildman–Crippen MR) is 119 cm³/mol. The van der Waals surface area contributed by atoms with Crippen molar-refractivity contribution in [3.05, 3.63) is 107 Å². The van der Waals surface area contributed by atoms with Gasteiger partial charge in [0.05, 0.1) is 0 Å². The van der Waals surface area contributed by atoms with E-state index in [0.717, 1.165) is 17.5 Å². The molecule has 3 rings (SSSR count). The van der Waals surface area contributed by atoms with Gasteiger partial charge in [0, 0.05) is 17.5 Å². The number of carbonyl (C=O) groups is 3. The van der Waals surface area contributed by atoms with Crippen LogP contribution in [0, 0.1) is 0 Å². The average molecular weight is 415 g/mol. The van der Waals surface area contributed by atoms with Crippen LogP contribution in [0.5, 0.6) is 0 Å². The van der Waals surface area contributed by atoms with E-state index in [0.29, 0.717) is 11.1 Å². The van der Waals surface area contributed by atoms with E-state index < -0.39 is 12.0 Å². The van der Waals surface area contributed by atoms with Crippen LogP contribution in [0.15, 0.2) is 84.9 Å². The normalized spacial score (nSPS) is 11.4. The summed E-state index contributed by atoms with van der Waals surface area (Å²) < 4.78 is 5.28. The maximum absolute atomic E-state index is 12.8. The summed E-state index contributed by atoms with van der Waals surface area (Å²) >= 11 is 0. The number of ether oxygens (including phenoxy) is 1. The highest BCUT2D eigenvalue weighted by molar-refractivity contribution is 5.99. The maximum atomic E-state index is 12.8. The summed E-state index contributed by atoms with van der Waals surface area (Å²) in [5, 5.41) is 2.74. The summed E-state index contributed by atoms with van der Waals surface area (Å²) in [7, 11) is 0. The van der Waals surface area contributed by atoms with E-state index >= 15 is 0 Å². The number of hydrogen-bond acceptors (Lipinski definition) is 4. The van der Waals surface area contributed by atoms with Crippen LogP contribution >= 0.6 is 0 Å². The van der Waals surface area contributed by atoms with Crippen molar-refractivity contribution in [1.29, 1.82) is 0 Å². The van der Waals surface area contributed by atoms with E-state index in [1.165, 1.54) is 0 Å². The Morgan fingerprint density at radius 1 is 0.774 bits per heavy atom. The van der Waals surface area contributed by atoms with Crippen molar-refractivity contribution in [3.8, 4) is 0 Å². The smallest absolute Gasteiger partial charge is 0.329 e. The Labute approximate surface area is 182 Å². The van der Waals surface area contributed by atoms with Crippen molar-refractivity contribution >= 4 is 17.7 Å². The summed E-state index contributed by atoms with van der Waals surface area (Å²) in [6, 6.07) is 24.3. The highest BCUT2D eigenvalue weighted by Crippen LogP contribution is 2.09. The number of Topliss-reactive ketones (excluding diaryl/α,β-unsaturated/α-hetero) is 1. The first-order valence-corrected chi connectivity index (χ1v) is 10.3. The molecule has 0 aromatic heterocycles. The van der Waals surface area contributed by atoms with Crippen LogP contribution in [-0.4, -0.2) is 30.3 Å². The molecule has 1 N–H and O–H groups in total. The van der Waals surface area contributed by atoms with Crippen LogP contribution in [0.4, 0.5) is 0 Å². The fourth-order valence-corrected chi connectivity index (χ4v) is 3.12. The molecule has 158 valence electrons. The van der Waals surface area contributed by atoms with Crippen LogP contribution in [0.2, 0.25) is 0 Å². The molecule has 3 aromatic rings. The summed E-state index contributed by atoms with van der Waals surface area (Å²) in [6.45, 7) is 1.66. The molecule has 0 aliphatic rings. The minimum absolute atomic E-state index is 0.262. The van der Waals surface area contributed by atoms with Crippen molar-refractivity contribution in [2.24, 2.45) is 0 Å². The van der Waals surface area contributed by atoms with Gasteiger partial charge in [-0.1, -0.05) is 79.7 Å². The average Bonchev–Trinajstić information content (AvgIpc) is 2.83. The highest BCUT2D eigenvalue weighted by atomic mass is 16.5. The topological polar surface area (TPSA) is 72.5 Å².